The van der Waals surface area contributed by atoms with E-state index in [0.717, 1.165) is 36.9 Å². The Labute approximate surface area is 267 Å². The molecular formula is C36H37O6S2. The molecule has 44 heavy (non-hydrogen) atoms. The zero-order valence-corrected chi connectivity index (χ0v) is 27.4. The Morgan fingerprint density at radius 3 is 1.59 bits per heavy atom. The van der Waals surface area contributed by atoms with Crippen LogP contribution < -0.4 is 0 Å². The van der Waals surface area contributed by atoms with Crippen molar-refractivity contribution in [2.45, 2.75) is 80.4 Å². The molecule has 3 N–H and O–H groups in total. The molecule has 0 heterocycles. The summed E-state index contributed by atoms with van der Waals surface area (Å²) in [5.74, 6) is -2.70. The summed E-state index contributed by atoms with van der Waals surface area (Å²) in [6.07, 6.45) is -0.260. The first-order chi connectivity index (χ1) is 20.8. The van der Waals surface area contributed by atoms with Crippen LogP contribution in [0, 0.1) is 47.6 Å². The van der Waals surface area contributed by atoms with Gasteiger partial charge in [-0.2, -0.15) is 0 Å². The largest absolute Gasteiger partial charge is 0.481 e. The molecule has 4 rings (SSSR count). The van der Waals surface area contributed by atoms with Crippen LogP contribution in [0.2, 0.25) is 0 Å². The predicted molar refractivity (Wildman–Crippen MR) is 175 cm³/mol. The minimum atomic E-state index is -0.952. The number of aliphatic carboxylic acids is 3. The molecule has 0 spiro atoms. The molecule has 1 radical (unpaired) electrons. The highest BCUT2D eigenvalue weighted by molar-refractivity contribution is 7.99. The van der Waals surface area contributed by atoms with E-state index in [2.05, 4.69) is 39.0 Å². The Bertz CT molecular complexity index is 1660. The molecule has 0 bridgehead atoms. The number of hydrogen-bond acceptors (Lipinski definition) is 5. The molecule has 0 atom stereocenters. The molecule has 6 nitrogen and oxygen atoms in total. The minimum absolute atomic E-state index is 0.0746. The predicted octanol–water partition coefficient (Wildman–Crippen LogP) is 8.21. The van der Waals surface area contributed by atoms with E-state index in [1.54, 1.807) is 23.5 Å². The highest BCUT2D eigenvalue weighted by atomic mass is 32.2. The normalized spacial score (nSPS) is 10.6. The zero-order chi connectivity index (χ0) is 32.6. The first kappa shape index (κ1) is 34.5. The maximum absolute atomic E-state index is 11.4. The highest BCUT2D eigenvalue weighted by Crippen LogP contribution is 2.41. The third kappa shape index (κ3) is 9.24. The standard InChI is InChI=1S/C22H26O4S.C14H11O2S/c1-11-7-8-12(2)21(13(11)3)27-22-15(5)14(4)17(9-19(23)24)18(16(22)6)10-20(25)26;15-14(16)10-11-6-8-13(9-7-11)17-12-4-2-1-3-5-12/h7-8H,9-10H2,1-6H3,(H,23,24)(H,25,26);2-9H,10H2,(H,15,16). The molecule has 0 fully saturated rings. The van der Waals surface area contributed by atoms with Gasteiger partial charge in [0.15, 0.2) is 0 Å². The summed E-state index contributed by atoms with van der Waals surface area (Å²) < 4.78 is 0. The molecule has 0 unspecified atom stereocenters. The first-order valence-corrected chi connectivity index (χ1v) is 15.7. The fourth-order valence-corrected chi connectivity index (χ4v) is 6.96. The van der Waals surface area contributed by atoms with E-state index in [-0.39, 0.29) is 19.3 Å². The van der Waals surface area contributed by atoms with Gasteiger partial charge in [-0.3, -0.25) is 14.4 Å². The van der Waals surface area contributed by atoms with Gasteiger partial charge in [-0.05, 0) is 122 Å². The molecule has 0 aliphatic rings. The van der Waals surface area contributed by atoms with Crippen molar-refractivity contribution in [3.05, 3.63) is 117 Å². The van der Waals surface area contributed by atoms with Gasteiger partial charge in [-0.1, -0.05) is 59.9 Å². The number of hydrogen-bond donors (Lipinski definition) is 3. The summed E-state index contributed by atoms with van der Waals surface area (Å²) in [6, 6.07) is 22.5. The van der Waals surface area contributed by atoms with Crippen LogP contribution >= 0.6 is 23.5 Å². The lowest BCUT2D eigenvalue weighted by Crippen LogP contribution is -2.13. The molecule has 4 aromatic carbocycles. The molecule has 0 aliphatic carbocycles. The second kappa shape index (κ2) is 15.6. The van der Waals surface area contributed by atoms with Crippen LogP contribution in [0.4, 0.5) is 0 Å². The summed E-state index contributed by atoms with van der Waals surface area (Å²) >= 11 is 3.30. The van der Waals surface area contributed by atoms with Crippen molar-refractivity contribution >= 4 is 41.4 Å². The molecular weight excluding hydrogens is 593 g/mol. The average Bonchev–Trinajstić information content (AvgIpc) is 2.97. The van der Waals surface area contributed by atoms with Crippen LogP contribution in [0.15, 0.2) is 80.2 Å². The van der Waals surface area contributed by atoms with Crippen molar-refractivity contribution in [1.29, 1.82) is 0 Å². The van der Waals surface area contributed by atoms with E-state index in [0.29, 0.717) is 11.1 Å². The lowest BCUT2D eigenvalue weighted by Gasteiger charge is -2.22. The summed E-state index contributed by atoms with van der Waals surface area (Å²) in [7, 11) is 0. The van der Waals surface area contributed by atoms with E-state index in [4.69, 9.17) is 5.11 Å². The fraction of sp³-hybridized carbons (Fsp3) is 0.250. The lowest BCUT2D eigenvalue weighted by atomic mass is 9.89. The second-order valence-electron chi connectivity index (χ2n) is 10.6. The SMILES string of the molecule is Cc1ccc(C)c(Sc2c(C)c(C)c(CC(=O)O)c(CC(=O)O)c2C)c1C.O=C(O)Cc1ccc(Sc2cc[c]cc2)cc1. The minimum Gasteiger partial charge on any atom is -0.481 e. The molecule has 0 amide bonds. The molecule has 229 valence electrons. The van der Waals surface area contributed by atoms with Crippen LogP contribution in [0.3, 0.4) is 0 Å². The van der Waals surface area contributed by atoms with Crippen LogP contribution in [0.1, 0.15) is 50.1 Å². The third-order valence-electron chi connectivity index (χ3n) is 7.45. The Morgan fingerprint density at radius 2 is 1.05 bits per heavy atom. The van der Waals surface area contributed by atoms with Gasteiger partial charge >= 0.3 is 17.9 Å². The van der Waals surface area contributed by atoms with Gasteiger partial charge < -0.3 is 15.3 Å². The van der Waals surface area contributed by atoms with Gasteiger partial charge in [0.25, 0.3) is 0 Å². The molecule has 0 aromatic heterocycles. The summed E-state index contributed by atoms with van der Waals surface area (Å²) in [5.41, 5.74) is 8.42. The molecule has 0 aliphatic heterocycles. The zero-order valence-electron chi connectivity index (χ0n) is 25.8. The Morgan fingerprint density at radius 1 is 0.545 bits per heavy atom. The lowest BCUT2D eigenvalue weighted by molar-refractivity contribution is -0.137. The maximum Gasteiger partial charge on any atom is 0.307 e. The number of carboxylic acids is 3. The number of rotatable bonds is 10. The van der Waals surface area contributed by atoms with Gasteiger partial charge in [0.2, 0.25) is 0 Å². The molecule has 0 saturated carbocycles. The van der Waals surface area contributed by atoms with E-state index >= 15 is 0 Å². The Kier molecular flexibility index (Phi) is 12.3. The van der Waals surface area contributed by atoms with Gasteiger partial charge in [-0.25, -0.2) is 0 Å². The summed E-state index contributed by atoms with van der Waals surface area (Å²) in [6.45, 7) is 12.0. The summed E-state index contributed by atoms with van der Waals surface area (Å²) in [5, 5.41) is 27.3. The van der Waals surface area contributed by atoms with E-state index in [1.807, 2.05) is 69.3 Å². The van der Waals surface area contributed by atoms with Crippen LogP contribution in [0.25, 0.3) is 0 Å². The second-order valence-corrected chi connectivity index (χ2v) is 12.8. The maximum atomic E-state index is 11.4. The van der Waals surface area contributed by atoms with Crippen molar-refractivity contribution in [3.8, 4) is 0 Å². The van der Waals surface area contributed by atoms with Crippen LogP contribution in [-0.4, -0.2) is 33.2 Å². The number of aryl methyl sites for hydroxylation is 2. The molecule has 4 aromatic rings. The first-order valence-electron chi connectivity index (χ1n) is 14.0. The van der Waals surface area contributed by atoms with Crippen molar-refractivity contribution in [3.63, 3.8) is 0 Å². The van der Waals surface area contributed by atoms with E-state index < -0.39 is 17.9 Å². The van der Waals surface area contributed by atoms with Gasteiger partial charge in [0.05, 0.1) is 19.3 Å². The highest BCUT2D eigenvalue weighted by Gasteiger charge is 2.22. The van der Waals surface area contributed by atoms with E-state index in [9.17, 15) is 24.6 Å². The van der Waals surface area contributed by atoms with Crippen molar-refractivity contribution in [2.75, 3.05) is 0 Å². The van der Waals surface area contributed by atoms with Gasteiger partial charge in [0.1, 0.15) is 0 Å². The van der Waals surface area contributed by atoms with E-state index in [1.165, 1.54) is 21.6 Å². The topological polar surface area (TPSA) is 112 Å². The smallest absolute Gasteiger partial charge is 0.307 e. The Hall–Kier alpha value is -4.01. The van der Waals surface area contributed by atoms with Gasteiger partial charge in [-0.15, -0.1) is 0 Å². The quantitative estimate of drug-likeness (QED) is 0.161. The van der Waals surface area contributed by atoms with Crippen LogP contribution in [-0.2, 0) is 33.6 Å². The number of carbonyl (C=O) groups is 3. The average molecular weight is 630 g/mol. The summed E-state index contributed by atoms with van der Waals surface area (Å²) in [4.78, 5) is 37.7. The number of benzene rings is 4. The fourth-order valence-electron chi connectivity index (χ4n) is 4.81. The van der Waals surface area contributed by atoms with Crippen LogP contribution in [0.5, 0.6) is 0 Å². The van der Waals surface area contributed by atoms with Crippen molar-refractivity contribution in [2.24, 2.45) is 0 Å². The van der Waals surface area contributed by atoms with Crippen molar-refractivity contribution in [1.82, 2.24) is 0 Å². The number of carboxylic acid groups (broad SMARTS) is 3. The monoisotopic (exact) mass is 629 g/mol. The Balaban J connectivity index is 0.000000266. The molecule has 8 heteroatoms. The van der Waals surface area contributed by atoms with Crippen molar-refractivity contribution < 1.29 is 29.7 Å². The third-order valence-corrected chi connectivity index (χ3v) is 10.1. The van der Waals surface area contributed by atoms with Gasteiger partial charge in [0, 0.05) is 19.6 Å². The molecule has 0 saturated heterocycles.